The minimum absolute atomic E-state index is 0.139. The summed E-state index contributed by atoms with van der Waals surface area (Å²) < 4.78 is 5.20. The van der Waals surface area contributed by atoms with Gasteiger partial charge in [-0.2, -0.15) is 0 Å². The third kappa shape index (κ3) is 1.57. The maximum Gasteiger partial charge on any atom is 0.245 e. The molecule has 2 heterocycles. The third-order valence-electron chi connectivity index (χ3n) is 1.59. The molecule has 0 saturated carbocycles. The van der Waals surface area contributed by atoms with Crippen molar-refractivity contribution in [3.05, 3.63) is 36.4 Å². The molecule has 66 valence electrons. The zero-order chi connectivity index (χ0) is 9.10. The van der Waals surface area contributed by atoms with Crippen molar-refractivity contribution in [2.24, 2.45) is 0 Å². The van der Waals surface area contributed by atoms with Gasteiger partial charge in [0.1, 0.15) is 18.1 Å². The molecule has 0 amide bonds. The first-order valence-electron chi connectivity index (χ1n) is 3.87. The Hall–Kier alpha value is -1.68. The van der Waals surface area contributed by atoms with Crippen LogP contribution in [0.15, 0.2) is 35.0 Å². The number of hydrogen-bond donors (Lipinski definition) is 1. The SMILES string of the molecule is OCc1cnc(-c2ccccn2)o1. The summed E-state index contributed by atoms with van der Waals surface area (Å²) in [5.41, 5.74) is 0.669. The van der Waals surface area contributed by atoms with Crippen molar-refractivity contribution < 1.29 is 9.52 Å². The average molecular weight is 176 g/mol. The topological polar surface area (TPSA) is 59.2 Å². The molecule has 0 aliphatic heterocycles. The van der Waals surface area contributed by atoms with Crippen LogP contribution in [-0.2, 0) is 6.61 Å². The molecule has 0 bridgehead atoms. The summed E-state index contributed by atoms with van der Waals surface area (Å²) in [6, 6.07) is 5.47. The van der Waals surface area contributed by atoms with Crippen LogP contribution in [0.4, 0.5) is 0 Å². The van der Waals surface area contributed by atoms with Gasteiger partial charge in [0.2, 0.25) is 5.89 Å². The Bertz CT molecular complexity index is 384. The Morgan fingerprint density at radius 1 is 1.31 bits per heavy atom. The van der Waals surface area contributed by atoms with Gasteiger partial charge < -0.3 is 9.52 Å². The predicted octanol–water partition coefficient (Wildman–Crippen LogP) is 1.23. The molecular weight excluding hydrogens is 168 g/mol. The van der Waals surface area contributed by atoms with Gasteiger partial charge in [-0.25, -0.2) is 4.98 Å². The predicted molar refractivity (Wildman–Crippen MR) is 45.7 cm³/mol. The van der Waals surface area contributed by atoms with Gasteiger partial charge in [0.15, 0.2) is 0 Å². The number of aliphatic hydroxyl groups excluding tert-OH is 1. The molecule has 0 aliphatic rings. The second-order valence-corrected chi connectivity index (χ2v) is 2.50. The Morgan fingerprint density at radius 3 is 2.85 bits per heavy atom. The van der Waals surface area contributed by atoms with Crippen LogP contribution in [0.1, 0.15) is 5.76 Å². The fraction of sp³-hybridized carbons (Fsp3) is 0.111. The van der Waals surface area contributed by atoms with Crippen LogP contribution in [0.25, 0.3) is 11.6 Å². The molecule has 0 spiro atoms. The standard InChI is InChI=1S/C9H8N2O2/c12-6-7-5-11-9(13-7)8-3-1-2-4-10-8/h1-5,12H,6H2. The van der Waals surface area contributed by atoms with Gasteiger partial charge >= 0.3 is 0 Å². The van der Waals surface area contributed by atoms with E-state index in [0.717, 1.165) is 0 Å². The molecule has 0 fully saturated rings. The lowest BCUT2D eigenvalue weighted by atomic mass is 10.3. The number of rotatable bonds is 2. The van der Waals surface area contributed by atoms with E-state index in [1.807, 2.05) is 12.1 Å². The number of hydrogen-bond acceptors (Lipinski definition) is 4. The molecular formula is C9H8N2O2. The van der Waals surface area contributed by atoms with E-state index in [1.54, 1.807) is 12.3 Å². The van der Waals surface area contributed by atoms with Gasteiger partial charge in [0.05, 0.1) is 6.20 Å². The number of nitrogens with zero attached hydrogens (tertiary/aromatic N) is 2. The molecule has 13 heavy (non-hydrogen) atoms. The first-order valence-corrected chi connectivity index (χ1v) is 3.87. The highest BCUT2D eigenvalue weighted by Gasteiger charge is 2.05. The number of aliphatic hydroxyl groups is 1. The van der Waals surface area contributed by atoms with Crippen molar-refractivity contribution in [3.63, 3.8) is 0 Å². The zero-order valence-electron chi connectivity index (χ0n) is 6.84. The monoisotopic (exact) mass is 176 g/mol. The van der Waals surface area contributed by atoms with E-state index < -0.39 is 0 Å². The van der Waals surface area contributed by atoms with E-state index in [-0.39, 0.29) is 6.61 Å². The summed E-state index contributed by atoms with van der Waals surface area (Å²) in [4.78, 5) is 8.03. The van der Waals surface area contributed by atoms with Crippen molar-refractivity contribution in [2.75, 3.05) is 0 Å². The second kappa shape index (κ2) is 3.37. The first-order chi connectivity index (χ1) is 6.40. The fourth-order valence-corrected chi connectivity index (χ4v) is 0.988. The minimum atomic E-state index is -0.139. The second-order valence-electron chi connectivity index (χ2n) is 2.50. The molecule has 0 saturated heterocycles. The highest BCUT2D eigenvalue weighted by Crippen LogP contribution is 2.15. The normalized spacial score (nSPS) is 10.2. The molecule has 2 aromatic rings. The molecule has 0 aromatic carbocycles. The Morgan fingerprint density at radius 2 is 2.23 bits per heavy atom. The maximum absolute atomic E-state index is 8.74. The van der Waals surface area contributed by atoms with Crippen molar-refractivity contribution in [2.45, 2.75) is 6.61 Å². The van der Waals surface area contributed by atoms with Gasteiger partial charge in [0.25, 0.3) is 0 Å². The van der Waals surface area contributed by atoms with Gasteiger partial charge in [-0.3, -0.25) is 4.98 Å². The van der Waals surface area contributed by atoms with Crippen molar-refractivity contribution in [1.82, 2.24) is 9.97 Å². The minimum Gasteiger partial charge on any atom is -0.437 e. The molecule has 2 aromatic heterocycles. The molecule has 0 aliphatic carbocycles. The smallest absolute Gasteiger partial charge is 0.245 e. The van der Waals surface area contributed by atoms with Crippen LogP contribution in [0.2, 0.25) is 0 Å². The summed E-state index contributed by atoms with van der Waals surface area (Å²) in [6.45, 7) is -0.139. The van der Waals surface area contributed by atoms with Crippen LogP contribution in [0.3, 0.4) is 0 Å². The van der Waals surface area contributed by atoms with Crippen LogP contribution >= 0.6 is 0 Å². The van der Waals surface area contributed by atoms with Crippen molar-refractivity contribution >= 4 is 0 Å². The Labute approximate surface area is 74.9 Å². The van der Waals surface area contributed by atoms with Crippen LogP contribution in [0.5, 0.6) is 0 Å². The van der Waals surface area contributed by atoms with Crippen LogP contribution in [0, 0.1) is 0 Å². The van der Waals surface area contributed by atoms with Crippen molar-refractivity contribution in [3.8, 4) is 11.6 Å². The summed E-state index contributed by atoms with van der Waals surface area (Å²) in [5.74, 6) is 0.880. The molecule has 4 heteroatoms. The molecule has 2 rings (SSSR count). The Kier molecular flexibility index (Phi) is 2.06. The van der Waals surface area contributed by atoms with Crippen LogP contribution < -0.4 is 0 Å². The Balaban J connectivity index is 2.36. The van der Waals surface area contributed by atoms with Gasteiger partial charge in [-0.1, -0.05) is 6.07 Å². The lowest BCUT2D eigenvalue weighted by molar-refractivity contribution is 0.248. The van der Waals surface area contributed by atoms with Gasteiger partial charge in [0, 0.05) is 6.20 Å². The quantitative estimate of drug-likeness (QED) is 0.747. The third-order valence-corrected chi connectivity index (χ3v) is 1.59. The first kappa shape index (κ1) is 7.94. The molecule has 4 nitrogen and oxygen atoms in total. The summed E-state index contributed by atoms with van der Waals surface area (Å²) in [6.07, 6.45) is 3.15. The lowest BCUT2D eigenvalue weighted by Gasteiger charge is -1.91. The van der Waals surface area contributed by atoms with Gasteiger partial charge in [-0.05, 0) is 12.1 Å². The molecule has 1 N–H and O–H groups in total. The number of pyridine rings is 1. The fourth-order valence-electron chi connectivity index (χ4n) is 0.988. The largest absolute Gasteiger partial charge is 0.437 e. The van der Waals surface area contributed by atoms with E-state index >= 15 is 0 Å². The maximum atomic E-state index is 8.74. The van der Waals surface area contributed by atoms with E-state index in [1.165, 1.54) is 6.20 Å². The summed E-state index contributed by atoms with van der Waals surface area (Å²) >= 11 is 0. The molecule has 0 atom stereocenters. The van der Waals surface area contributed by atoms with E-state index in [9.17, 15) is 0 Å². The van der Waals surface area contributed by atoms with E-state index in [2.05, 4.69) is 9.97 Å². The number of aromatic nitrogens is 2. The number of oxazole rings is 1. The molecule has 0 unspecified atom stereocenters. The summed E-state index contributed by atoms with van der Waals surface area (Å²) in [5, 5.41) is 8.74. The highest BCUT2D eigenvalue weighted by atomic mass is 16.4. The van der Waals surface area contributed by atoms with E-state index in [0.29, 0.717) is 17.3 Å². The van der Waals surface area contributed by atoms with Crippen LogP contribution in [-0.4, -0.2) is 15.1 Å². The average Bonchev–Trinajstić information content (AvgIpc) is 2.67. The zero-order valence-corrected chi connectivity index (χ0v) is 6.84. The van der Waals surface area contributed by atoms with Gasteiger partial charge in [-0.15, -0.1) is 0 Å². The van der Waals surface area contributed by atoms with Crippen molar-refractivity contribution in [1.29, 1.82) is 0 Å². The highest BCUT2D eigenvalue weighted by molar-refractivity contribution is 5.45. The summed E-state index contributed by atoms with van der Waals surface area (Å²) in [7, 11) is 0. The molecule has 0 radical (unpaired) electrons. The van der Waals surface area contributed by atoms with E-state index in [4.69, 9.17) is 9.52 Å². The lowest BCUT2D eigenvalue weighted by Crippen LogP contribution is -1.80.